The molecule has 3 heteroatoms. The van der Waals surface area contributed by atoms with Crippen molar-refractivity contribution in [2.24, 2.45) is 17.3 Å². The third kappa shape index (κ3) is 6.98. The summed E-state index contributed by atoms with van der Waals surface area (Å²) in [7, 11) is 1.81. The van der Waals surface area contributed by atoms with Crippen molar-refractivity contribution in [1.82, 2.24) is 0 Å². The van der Waals surface area contributed by atoms with E-state index in [4.69, 9.17) is 0 Å². The first-order valence-electron chi connectivity index (χ1n) is 6.96. The zero-order valence-electron chi connectivity index (χ0n) is 13.0. The highest BCUT2D eigenvalue weighted by molar-refractivity contribution is 6.75. The molecule has 0 amide bonds. The molecule has 0 fully saturated rings. The van der Waals surface area contributed by atoms with E-state index in [-0.39, 0.29) is 28.8 Å². The highest BCUT2D eigenvalue weighted by Crippen LogP contribution is 2.32. The van der Waals surface area contributed by atoms with Gasteiger partial charge in [0.05, 0.1) is 5.68 Å². The topological polar surface area (TPSA) is 34.1 Å². The monoisotopic (exact) mass is 251 g/mol. The van der Waals surface area contributed by atoms with E-state index < -0.39 is 0 Å². The van der Waals surface area contributed by atoms with Crippen LogP contribution in [-0.4, -0.2) is 18.7 Å². The first-order valence-corrected chi connectivity index (χ1v) is 6.96. The normalized spacial score (nSPS) is 13.8. The minimum atomic E-state index is -0.0332. The third-order valence-electron chi connectivity index (χ3n) is 3.19. The van der Waals surface area contributed by atoms with Crippen LogP contribution in [0.1, 0.15) is 61.3 Å². The van der Waals surface area contributed by atoms with Crippen molar-refractivity contribution < 1.29 is 9.59 Å². The standard InChI is InChI=1S/C15H28BO2/c1-10(2)13(17)9-15(6,7)8-12(5)16-14(18)11(3)4/h10-12H,8-9H2,1-7H3. The molecule has 0 aliphatic carbocycles. The summed E-state index contributed by atoms with van der Waals surface area (Å²) in [5.41, 5.74) is 0.169. The molecule has 103 valence electrons. The van der Waals surface area contributed by atoms with E-state index in [1.165, 1.54) is 0 Å². The summed E-state index contributed by atoms with van der Waals surface area (Å²) >= 11 is 0. The smallest absolute Gasteiger partial charge is 0.205 e. The van der Waals surface area contributed by atoms with Crippen LogP contribution in [0, 0.1) is 17.3 Å². The highest BCUT2D eigenvalue weighted by Gasteiger charge is 2.27. The van der Waals surface area contributed by atoms with E-state index in [2.05, 4.69) is 20.8 Å². The van der Waals surface area contributed by atoms with Crippen molar-refractivity contribution in [3.05, 3.63) is 0 Å². The Morgan fingerprint density at radius 1 is 1.00 bits per heavy atom. The Morgan fingerprint density at radius 3 is 1.89 bits per heavy atom. The number of ketones is 1. The van der Waals surface area contributed by atoms with Gasteiger partial charge in [0.2, 0.25) is 7.28 Å². The summed E-state index contributed by atoms with van der Waals surface area (Å²) in [6.45, 7) is 14.0. The fourth-order valence-corrected chi connectivity index (χ4v) is 2.15. The van der Waals surface area contributed by atoms with Crippen LogP contribution < -0.4 is 0 Å². The average molecular weight is 251 g/mol. The second-order valence-corrected chi connectivity index (χ2v) is 6.87. The van der Waals surface area contributed by atoms with Gasteiger partial charge in [-0.1, -0.05) is 60.7 Å². The van der Waals surface area contributed by atoms with Gasteiger partial charge >= 0.3 is 0 Å². The van der Waals surface area contributed by atoms with Gasteiger partial charge in [-0.3, -0.25) is 4.79 Å². The second-order valence-electron chi connectivity index (χ2n) is 6.87. The molecule has 0 heterocycles. The molecule has 0 spiro atoms. The predicted octanol–water partition coefficient (Wildman–Crippen LogP) is 3.71. The zero-order valence-corrected chi connectivity index (χ0v) is 13.0. The predicted molar refractivity (Wildman–Crippen MR) is 77.9 cm³/mol. The Kier molecular flexibility index (Phi) is 6.87. The second kappa shape index (κ2) is 7.11. The summed E-state index contributed by atoms with van der Waals surface area (Å²) in [5.74, 6) is 0.700. The van der Waals surface area contributed by atoms with Gasteiger partial charge in [0.25, 0.3) is 0 Å². The Morgan fingerprint density at radius 2 is 1.50 bits per heavy atom. The van der Waals surface area contributed by atoms with Gasteiger partial charge in [0.1, 0.15) is 5.78 Å². The number of carbonyl (C=O) groups excluding carboxylic acids is 2. The van der Waals surface area contributed by atoms with Gasteiger partial charge in [-0.05, 0) is 5.41 Å². The maximum absolute atomic E-state index is 11.8. The largest absolute Gasteiger partial charge is 0.312 e. The zero-order chi connectivity index (χ0) is 14.5. The molecule has 2 nitrogen and oxygen atoms in total. The van der Waals surface area contributed by atoms with Crippen LogP contribution in [0.15, 0.2) is 0 Å². The van der Waals surface area contributed by atoms with Crippen molar-refractivity contribution in [1.29, 1.82) is 0 Å². The van der Waals surface area contributed by atoms with Crippen LogP contribution in [0.3, 0.4) is 0 Å². The van der Waals surface area contributed by atoms with Gasteiger partial charge in [-0.15, -0.1) is 0 Å². The molecule has 0 aliphatic rings. The van der Waals surface area contributed by atoms with Crippen LogP contribution in [0.4, 0.5) is 0 Å². The summed E-state index contributed by atoms with van der Waals surface area (Å²) < 4.78 is 0. The summed E-state index contributed by atoms with van der Waals surface area (Å²) in [4.78, 5) is 23.4. The molecule has 18 heavy (non-hydrogen) atoms. The minimum absolute atomic E-state index is 0.0332. The van der Waals surface area contributed by atoms with E-state index in [1.54, 1.807) is 0 Å². The fourth-order valence-electron chi connectivity index (χ4n) is 2.15. The summed E-state index contributed by atoms with van der Waals surface area (Å²) in [6.07, 6.45) is 1.47. The first kappa shape index (κ1) is 17.4. The lowest BCUT2D eigenvalue weighted by Crippen LogP contribution is -2.26. The molecule has 0 aromatic heterocycles. The molecule has 0 rings (SSSR count). The van der Waals surface area contributed by atoms with E-state index >= 15 is 0 Å². The highest BCUT2D eigenvalue weighted by atomic mass is 16.1. The van der Waals surface area contributed by atoms with E-state index in [1.807, 2.05) is 35.0 Å². The molecular formula is C15H28BO2. The van der Waals surface area contributed by atoms with E-state index in [9.17, 15) is 9.59 Å². The van der Waals surface area contributed by atoms with Crippen molar-refractivity contribution in [2.75, 3.05) is 0 Å². The Bertz CT molecular complexity index is 293. The molecule has 0 aromatic rings. The molecule has 1 unspecified atom stereocenters. The van der Waals surface area contributed by atoms with Crippen molar-refractivity contribution >= 4 is 18.7 Å². The lowest BCUT2D eigenvalue weighted by atomic mass is 9.55. The Hall–Kier alpha value is -0.595. The molecule has 0 bridgehead atoms. The molecule has 0 saturated heterocycles. The fraction of sp³-hybridized carbons (Fsp3) is 0.867. The number of hydrogen-bond acceptors (Lipinski definition) is 2. The van der Waals surface area contributed by atoms with Crippen molar-refractivity contribution in [2.45, 2.75) is 67.1 Å². The minimum Gasteiger partial charge on any atom is -0.312 e. The summed E-state index contributed by atoms with van der Waals surface area (Å²) in [5, 5.41) is 0. The van der Waals surface area contributed by atoms with E-state index in [0.717, 1.165) is 6.42 Å². The van der Waals surface area contributed by atoms with Crippen LogP contribution in [-0.2, 0) is 9.59 Å². The first-order chi connectivity index (χ1) is 8.05. The molecule has 0 saturated carbocycles. The average Bonchev–Trinajstić information content (AvgIpc) is 2.14. The van der Waals surface area contributed by atoms with Crippen LogP contribution >= 0.6 is 0 Å². The molecule has 0 N–H and O–H groups in total. The van der Waals surface area contributed by atoms with Gasteiger partial charge in [-0.25, -0.2) is 0 Å². The van der Waals surface area contributed by atoms with Crippen molar-refractivity contribution in [3.63, 3.8) is 0 Å². The lowest BCUT2D eigenvalue weighted by molar-refractivity contribution is -0.123. The van der Waals surface area contributed by atoms with Crippen molar-refractivity contribution in [3.8, 4) is 0 Å². The maximum atomic E-state index is 11.8. The quantitative estimate of drug-likeness (QED) is 0.616. The molecule has 0 aromatic carbocycles. The maximum Gasteiger partial charge on any atom is 0.205 e. The summed E-state index contributed by atoms with van der Waals surface area (Å²) in [6, 6.07) is 0. The molecule has 0 aliphatic heterocycles. The Labute approximate surface area is 113 Å². The molecule has 1 radical (unpaired) electrons. The third-order valence-corrected chi connectivity index (χ3v) is 3.19. The van der Waals surface area contributed by atoms with Crippen LogP contribution in [0.2, 0.25) is 5.82 Å². The molecular weight excluding hydrogens is 223 g/mol. The number of Topliss-reactive ketones (excluding diaryl/α,β-unsaturated/α-hetero) is 1. The van der Waals surface area contributed by atoms with Gasteiger partial charge < -0.3 is 4.79 Å². The van der Waals surface area contributed by atoms with Gasteiger partial charge in [0.15, 0.2) is 0 Å². The van der Waals surface area contributed by atoms with Crippen LogP contribution in [0.25, 0.3) is 0 Å². The lowest BCUT2D eigenvalue weighted by Gasteiger charge is -2.28. The SMILES string of the molecule is CC([B]C(=O)C(C)C)CC(C)(C)CC(=O)C(C)C. The van der Waals surface area contributed by atoms with E-state index in [0.29, 0.717) is 12.2 Å². The number of hydrogen-bond donors (Lipinski definition) is 0. The van der Waals surface area contributed by atoms with Gasteiger partial charge in [-0.2, -0.15) is 0 Å². The Balaban J connectivity index is 4.31. The number of rotatable bonds is 8. The van der Waals surface area contributed by atoms with Gasteiger partial charge in [0, 0.05) is 18.3 Å². The number of carbonyl (C=O) groups is 2. The van der Waals surface area contributed by atoms with Crippen LogP contribution in [0.5, 0.6) is 0 Å². The molecule has 1 atom stereocenters.